The molecule has 2 heterocycles. The molecule has 0 spiro atoms. The number of rotatable bonds is 10. The van der Waals surface area contributed by atoms with E-state index < -0.39 is 27.5 Å². The van der Waals surface area contributed by atoms with Gasteiger partial charge in [-0.05, 0) is 43.0 Å². The number of Topliss-reactive ketones (excluding diaryl/α,β-unsaturated/α-hetero) is 1. The lowest BCUT2D eigenvalue weighted by Gasteiger charge is -2.22. The van der Waals surface area contributed by atoms with Crippen LogP contribution in [0.5, 0.6) is 0 Å². The summed E-state index contributed by atoms with van der Waals surface area (Å²) in [6.07, 6.45) is 3.48. The SMILES string of the molecule is CCCc1ccc(C2(C)NC(=O)N(CC(=O)c3ccc(CCNS(C)(=O)=O)s3)C2=O)cc1. The van der Waals surface area contributed by atoms with Gasteiger partial charge in [0.15, 0.2) is 5.78 Å². The molecule has 0 bridgehead atoms. The highest BCUT2D eigenvalue weighted by molar-refractivity contribution is 7.88. The highest BCUT2D eigenvalue weighted by Crippen LogP contribution is 2.29. The zero-order chi connectivity index (χ0) is 23.5. The summed E-state index contributed by atoms with van der Waals surface area (Å²) in [5, 5.41) is 2.73. The first-order chi connectivity index (χ1) is 15.0. The van der Waals surface area contributed by atoms with Crippen molar-refractivity contribution in [2.75, 3.05) is 19.3 Å². The Bertz CT molecular complexity index is 1120. The van der Waals surface area contributed by atoms with Gasteiger partial charge in [-0.3, -0.25) is 14.5 Å². The predicted octanol–water partition coefficient (Wildman–Crippen LogP) is 2.44. The largest absolute Gasteiger partial charge is 0.325 e. The van der Waals surface area contributed by atoms with E-state index in [1.165, 1.54) is 11.3 Å². The van der Waals surface area contributed by atoms with Crippen molar-refractivity contribution < 1.29 is 22.8 Å². The van der Waals surface area contributed by atoms with Crippen LogP contribution < -0.4 is 10.0 Å². The van der Waals surface area contributed by atoms with Crippen molar-refractivity contribution >= 4 is 39.1 Å². The highest BCUT2D eigenvalue weighted by Gasteiger charge is 2.49. The molecule has 1 fully saturated rings. The molecular weight excluding hydrogens is 450 g/mol. The van der Waals surface area contributed by atoms with Gasteiger partial charge in [-0.1, -0.05) is 37.6 Å². The maximum absolute atomic E-state index is 13.1. The molecule has 1 aliphatic heterocycles. The molecule has 32 heavy (non-hydrogen) atoms. The van der Waals surface area contributed by atoms with E-state index in [9.17, 15) is 22.8 Å². The molecular formula is C22H27N3O5S2. The lowest BCUT2D eigenvalue weighted by atomic mass is 9.91. The minimum absolute atomic E-state index is 0.232. The monoisotopic (exact) mass is 477 g/mol. The molecule has 1 aliphatic rings. The van der Waals surface area contributed by atoms with Gasteiger partial charge in [0.25, 0.3) is 5.91 Å². The number of nitrogens with zero attached hydrogens (tertiary/aromatic N) is 1. The summed E-state index contributed by atoms with van der Waals surface area (Å²) in [7, 11) is -3.27. The van der Waals surface area contributed by atoms with Crippen molar-refractivity contribution in [3.8, 4) is 0 Å². The molecule has 3 amide bonds. The molecule has 1 saturated heterocycles. The molecule has 8 nitrogen and oxygen atoms in total. The van der Waals surface area contributed by atoms with Crippen molar-refractivity contribution in [3.63, 3.8) is 0 Å². The van der Waals surface area contributed by atoms with Crippen molar-refractivity contribution in [2.24, 2.45) is 0 Å². The van der Waals surface area contributed by atoms with Crippen molar-refractivity contribution in [1.82, 2.24) is 14.9 Å². The second-order valence-corrected chi connectivity index (χ2v) is 11.0. The minimum atomic E-state index is -3.27. The number of ketones is 1. The first-order valence-corrected chi connectivity index (χ1v) is 13.0. The maximum Gasteiger partial charge on any atom is 0.325 e. The van der Waals surface area contributed by atoms with Gasteiger partial charge in [-0.25, -0.2) is 17.9 Å². The number of carbonyl (C=O) groups is 3. The van der Waals surface area contributed by atoms with Gasteiger partial charge in [0.05, 0.1) is 17.7 Å². The van der Waals surface area contributed by atoms with Gasteiger partial charge in [-0.2, -0.15) is 0 Å². The summed E-state index contributed by atoms with van der Waals surface area (Å²) in [6.45, 7) is 3.61. The van der Waals surface area contributed by atoms with E-state index >= 15 is 0 Å². The normalized spacial score (nSPS) is 18.8. The Morgan fingerprint density at radius 2 is 1.81 bits per heavy atom. The number of urea groups is 1. The van der Waals surface area contributed by atoms with Crippen molar-refractivity contribution in [2.45, 2.75) is 38.6 Å². The molecule has 3 rings (SSSR count). The Labute approximate surface area is 192 Å². The van der Waals surface area contributed by atoms with E-state index in [4.69, 9.17) is 0 Å². The second-order valence-electron chi connectivity index (χ2n) is 8.00. The fraction of sp³-hybridized carbons (Fsp3) is 0.409. The van der Waals surface area contributed by atoms with E-state index in [2.05, 4.69) is 17.0 Å². The lowest BCUT2D eigenvalue weighted by Crippen LogP contribution is -2.41. The molecule has 172 valence electrons. The van der Waals surface area contributed by atoms with Crippen molar-refractivity contribution in [1.29, 1.82) is 0 Å². The molecule has 1 aromatic heterocycles. The average molecular weight is 478 g/mol. The van der Waals surface area contributed by atoms with Crippen LogP contribution in [0.1, 0.15) is 45.9 Å². The van der Waals surface area contributed by atoms with E-state index in [0.29, 0.717) is 16.9 Å². The second kappa shape index (κ2) is 9.51. The van der Waals surface area contributed by atoms with Crippen LogP contribution in [0.4, 0.5) is 4.79 Å². The number of imide groups is 1. The molecule has 2 aromatic rings. The Morgan fingerprint density at radius 1 is 1.12 bits per heavy atom. The summed E-state index contributed by atoms with van der Waals surface area (Å²) in [6, 6.07) is 10.3. The number of thiophene rings is 1. The molecule has 0 aliphatic carbocycles. The van der Waals surface area contributed by atoms with Crippen molar-refractivity contribution in [3.05, 3.63) is 57.3 Å². The number of carbonyl (C=O) groups excluding carboxylic acids is 3. The van der Waals surface area contributed by atoms with Crippen LogP contribution in [0.3, 0.4) is 0 Å². The van der Waals surface area contributed by atoms with Gasteiger partial charge in [0.1, 0.15) is 5.54 Å². The molecule has 1 unspecified atom stereocenters. The Morgan fingerprint density at radius 3 is 2.44 bits per heavy atom. The van der Waals surface area contributed by atoms with Gasteiger partial charge in [-0.15, -0.1) is 11.3 Å². The third-order valence-corrected chi connectivity index (χ3v) is 7.23. The van der Waals surface area contributed by atoms with E-state index in [0.717, 1.165) is 34.4 Å². The number of amides is 3. The molecule has 1 atom stereocenters. The fourth-order valence-electron chi connectivity index (χ4n) is 3.57. The summed E-state index contributed by atoms with van der Waals surface area (Å²) < 4.78 is 24.7. The molecule has 0 saturated carbocycles. The molecule has 2 N–H and O–H groups in total. The van der Waals surface area contributed by atoms with E-state index in [1.807, 2.05) is 24.3 Å². The molecule has 10 heteroatoms. The van der Waals surface area contributed by atoms with E-state index in [-0.39, 0.29) is 18.9 Å². The lowest BCUT2D eigenvalue weighted by molar-refractivity contribution is -0.130. The van der Waals surface area contributed by atoms with Crippen LogP contribution in [-0.4, -0.2) is 50.4 Å². The summed E-state index contributed by atoms with van der Waals surface area (Å²) in [5.74, 6) is -0.809. The summed E-state index contributed by atoms with van der Waals surface area (Å²) in [5.41, 5.74) is 0.603. The van der Waals surface area contributed by atoms with Crippen LogP contribution in [0.2, 0.25) is 0 Å². The van der Waals surface area contributed by atoms with Gasteiger partial charge < -0.3 is 5.32 Å². The minimum Gasteiger partial charge on any atom is -0.319 e. The van der Waals surface area contributed by atoms with Gasteiger partial charge in [0.2, 0.25) is 10.0 Å². The third-order valence-electron chi connectivity index (χ3n) is 5.32. The van der Waals surface area contributed by atoms with Crippen LogP contribution in [0, 0.1) is 0 Å². The first kappa shape index (κ1) is 24.1. The molecule has 0 radical (unpaired) electrons. The highest BCUT2D eigenvalue weighted by atomic mass is 32.2. The van der Waals surface area contributed by atoms with Crippen LogP contribution in [-0.2, 0) is 33.2 Å². The van der Waals surface area contributed by atoms with E-state index in [1.54, 1.807) is 19.1 Å². The standard InChI is InChI=1S/C22H27N3O5S2/c1-4-5-15-6-8-16(9-7-15)22(2)20(27)25(21(28)24-22)14-18(26)19-11-10-17(31-19)12-13-23-32(3,29)30/h6-11,23H,4-5,12-14H2,1-3H3,(H,24,28). The average Bonchev–Trinajstić information content (AvgIpc) is 3.27. The quantitative estimate of drug-likeness (QED) is 0.403. The third kappa shape index (κ3) is 5.43. The molecule has 1 aromatic carbocycles. The maximum atomic E-state index is 13.1. The number of sulfonamides is 1. The van der Waals surface area contributed by atoms with Gasteiger partial charge in [0, 0.05) is 11.4 Å². The Balaban J connectivity index is 1.67. The number of benzene rings is 1. The van der Waals surface area contributed by atoms with Crippen LogP contribution in [0.25, 0.3) is 0 Å². The predicted molar refractivity (Wildman–Crippen MR) is 123 cm³/mol. The number of aryl methyl sites for hydroxylation is 1. The summed E-state index contributed by atoms with van der Waals surface area (Å²) in [4.78, 5) is 40.5. The number of hydrogen-bond acceptors (Lipinski definition) is 6. The Hall–Kier alpha value is -2.56. The first-order valence-electron chi connectivity index (χ1n) is 10.3. The van der Waals surface area contributed by atoms with Crippen LogP contribution in [0.15, 0.2) is 36.4 Å². The fourth-order valence-corrected chi connectivity index (χ4v) is 4.98. The topological polar surface area (TPSA) is 113 Å². The zero-order valence-corrected chi connectivity index (χ0v) is 19.9. The zero-order valence-electron chi connectivity index (χ0n) is 18.3. The van der Waals surface area contributed by atoms with Gasteiger partial charge >= 0.3 is 6.03 Å². The Kier molecular flexibility index (Phi) is 7.16. The smallest absolute Gasteiger partial charge is 0.319 e. The van der Waals surface area contributed by atoms with Crippen LogP contribution >= 0.6 is 11.3 Å². The summed E-state index contributed by atoms with van der Waals surface area (Å²) >= 11 is 1.23. The number of nitrogens with one attached hydrogen (secondary N) is 2. The number of hydrogen-bond donors (Lipinski definition) is 2.